The molecular weight excluding hydrogens is 737 g/mol. The number of hydrogen-bond acceptors (Lipinski definition) is 12. The maximum Gasteiger partial charge on any atom is 0.268 e. The van der Waals surface area contributed by atoms with Gasteiger partial charge in [-0.1, -0.05) is 20.8 Å². The second kappa shape index (κ2) is 22.8. The zero-order chi connectivity index (χ0) is 41.2. The summed E-state index contributed by atoms with van der Waals surface area (Å²) in [4.78, 5) is 43.7. The fraction of sp³-hybridized carbons (Fsp3) is 0.675. The number of hydrogen-bond donors (Lipinski definition) is 8. The van der Waals surface area contributed by atoms with Crippen LogP contribution in [0.1, 0.15) is 58.4 Å². The lowest BCUT2D eigenvalue weighted by atomic mass is 9.93. The number of likely N-dealkylation sites (tertiary alicyclic amines) is 1. The molecule has 316 valence electrons. The minimum Gasteiger partial charge on any atom is -0.494 e. The largest absolute Gasteiger partial charge is 0.494 e. The van der Waals surface area contributed by atoms with Crippen LogP contribution in [0.15, 0.2) is 30.5 Å². The SMILES string of the molecule is CCNCC1(NC(=O)CCCC(=O)NCCCOc2ccc3nccc(CNCC(=O)N4CC(F)(F)CC4C#N)c3c2)CNCCNCC(C)(C)CNCCNC1. The normalized spacial score (nSPS) is 19.9. The second-order valence-electron chi connectivity index (χ2n) is 15.9. The zero-order valence-corrected chi connectivity index (χ0v) is 33.8. The molecule has 1 unspecified atom stereocenters. The standard InChI is InChI=1S/C40H63F2N11O4/c1-4-44-26-39(27-47-16-14-45-24-38(2,3)25-46-15-17-48-28-39)52-36(55)8-5-7-35(54)51-12-6-18-57-32-9-10-34-33(19-32)30(11-13-50-34)22-49-23-37(56)53-29-40(41,42)20-31(53)21-43/h9-11,13,19,31,44-49H,4-8,12,14-18,20,22-29H2,1-3H3,(H,51,54)(H,52,55). The smallest absolute Gasteiger partial charge is 0.268 e. The van der Waals surface area contributed by atoms with Crippen LogP contribution in [0.25, 0.3) is 10.9 Å². The Bertz CT molecular complexity index is 1620. The van der Waals surface area contributed by atoms with E-state index >= 15 is 0 Å². The molecule has 57 heavy (non-hydrogen) atoms. The number of likely N-dealkylation sites (N-methyl/N-ethyl adjacent to an activating group) is 1. The van der Waals surface area contributed by atoms with E-state index in [1.54, 1.807) is 12.3 Å². The van der Waals surface area contributed by atoms with Crippen molar-refractivity contribution in [3.05, 3.63) is 36.0 Å². The number of aromatic nitrogens is 1. The highest BCUT2D eigenvalue weighted by molar-refractivity contribution is 5.84. The number of ether oxygens (including phenoxy) is 1. The number of halogens is 2. The molecule has 8 N–H and O–H groups in total. The Labute approximate surface area is 335 Å². The third-order valence-corrected chi connectivity index (χ3v) is 10.1. The molecule has 4 rings (SSSR count). The van der Waals surface area contributed by atoms with Crippen molar-refractivity contribution < 1.29 is 27.9 Å². The number of carbonyl (C=O) groups is 3. The Morgan fingerprint density at radius 2 is 1.65 bits per heavy atom. The van der Waals surface area contributed by atoms with E-state index < -0.39 is 36.4 Å². The monoisotopic (exact) mass is 800 g/mol. The lowest BCUT2D eigenvalue weighted by Crippen LogP contribution is -2.65. The summed E-state index contributed by atoms with van der Waals surface area (Å²) in [5, 5.41) is 36.8. The fourth-order valence-corrected chi connectivity index (χ4v) is 6.98. The maximum absolute atomic E-state index is 13.8. The van der Waals surface area contributed by atoms with Gasteiger partial charge in [-0.25, -0.2) is 8.78 Å². The first-order valence-corrected chi connectivity index (χ1v) is 20.2. The lowest BCUT2D eigenvalue weighted by molar-refractivity contribution is -0.131. The van der Waals surface area contributed by atoms with E-state index in [1.807, 2.05) is 31.2 Å². The average Bonchev–Trinajstić information content (AvgIpc) is 3.50. The first-order chi connectivity index (χ1) is 27.3. The number of nitrogens with one attached hydrogen (secondary N) is 8. The molecule has 1 atom stereocenters. The highest BCUT2D eigenvalue weighted by Crippen LogP contribution is 2.31. The highest BCUT2D eigenvalue weighted by Gasteiger charge is 2.47. The molecule has 15 nitrogen and oxygen atoms in total. The Morgan fingerprint density at radius 3 is 2.33 bits per heavy atom. The summed E-state index contributed by atoms with van der Waals surface area (Å²) >= 11 is 0. The molecule has 3 amide bonds. The van der Waals surface area contributed by atoms with Gasteiger partial charge in [0.25, 0.3) is 5.92 Å². The molecule has 2 fully saturated rings. The van der Waals surface area contributed by atoms with E-state index in [0.29, 0.717) is 51.4 Å². The number of carbonyl (C=O) groups excluding carboxylic acids is 3. The minimum atomic E-state index is -3.06. The summed E-state index contributed by atoms with van der Waals surface area (Å²) in [6, 6.07) is 7.96. The zero-order valence-electron chi connectivity index (χ0n) is 33.8. The summed E-state index contributed by atoms with van der Waals surface area (Å²) in [6.07, 6.45) is 2.49. The molecule has 2 aromatic rings. The lowest BCUT2D eigenvalue weighted by Gasteiger charge is -2.36. The number of fused-ring (bicyclic) bond motifs is 1. The quantitative estimate of drug-likeness (QED) is 0.106. The third kappa shape index (κ3) is 15.7. The molecule has 2 aliphatic rings. The van der Waals surface area contributed by atoms with E-state index in [1.165, 1.54) is 0 Å². The summed E-state index contributed by atoms with van der Waals surface area (Å²) in [7, 11) is 0. The molecular formula is C40H63F2N11O4. The van der Waals surface area contributed by atoms with E-state index in [2.05, 4.69) is 61.4 Å². The van der Waals surface area contributed by atoms with E-state index in [9.17, 15) is 28.4 Å². The van der Waals surface area contributed by atoms with Gasteiger partial charge in [0.1, 0.15) is 11.8 Å². The second-order valence-corrected chi connectivity index (χ2v) is 15.9. The van der Waals surface area contributed by atoms with Crippen LogP contribution in [0.5, 0.6) is 5.75 Å². The van der Waals surface area contributed by atoms with Crippen LogP contribution in [-0.4, -0.2) is 137 Å². The summed E-state index contributed by atoms with van der Waals surface area (Å²) in [5.74, 6) is -3.21. The number of alkyl halides is 2. The van der Waals surface area contributed by atoms with Crippen molar-refractivity contribution in [2.75, 3.05) is 91.7 Å². The van der Waals surface area contributed by atoms with Crippen molar-refractivity contribution in [3.63, 3.8) is 0 Å². The van der Waals surface area contributed by atoms with Crippen molar-refractivity contribution in [2.45, 2.75) is 76.9 Å². The van der Waals surface area contributed by atoms with E-state index in [4.69, 9.17) is 4.74 Å². The van der Waals surface area contributed by atoms with Gasteiger partial charge in [-0.3, -0.25) is 19.4 Å². The van der Waals surface area contributed by atoms with Crippen molar-refractivity contribution in [1.29, 1.82) is 5.26 Å². The van der Waals surface area contributed by atoms with Crippen molar-refractivity contribution in [3.8, 4) is 11.8 Å². The van der Waals surface area contributed by atoms with Crippen LogP contribution in [0.4, 0.5) is 8.78 Å². The number of pyridine rings is 1. The van der Waals surface area contributed by atoms with Crippen molar-refractivity contribution in [1.82, 2.24) is 52.4 Å². The Balaban J connectivity index is 1.16. The Morgan fingerprint density at radius 1 is 0.965 bits per heavy atom. The summed E-state index contributed by atoms with van der Waals surface area (Å²) < 4.78 is 33.5. The number of benzene rings is 1. The van der Waals surface area contributed by atoms with Crippen LogP contribution in [0, 0.1) is 16.7 Å². The van der Waals surface area contributed by atoms with Gasteiger partial charge in [-0.2, -0.15) is 5.26 Å². The molecule has 3 heterocycles. The van der Waals surface area contributed by atoms with Gasteiger partial charge in [0.05, 0.1) is 36.8 Å². The van der Waals surface area contributed by atoms with Gasteiger partial charge in [-0.05, 0) is 54.6 Å². The van der Waals surface area contributed by atoms with Crippen LogP contribution in [0.3, 0.4) is 0 Å². The number of amides is 3. The molecule has 2 aliphatic heterocycles. The van der Waals surface area contributed by atoms with Gasteiger partial charge >= 0.3 is 0 Å². The molecule has 1 aromatic heterocycles. The molecule has 0 bridgehead atoms. The minimum absolute atomic E-state index is 0.0852. The average molecular weight is 800 g/mol. The van der Waals surface area contributed by atoms with Crippen LogP contribution in [0.2, 0.25) is 0 Å². The molecule has 0 aliphatic carbocycles. The van der Waals surface area contributed by atoms with Crippen LogP contribution < -0.4 is 47.3 Å². The predicted octanol–water partition coefficient (Wildman–Crippen LogP) is 1.00. The molecule has 0 radical (unpaired) electrons. The number of nitriles is 1. The summed E-state index contributed by atoms with van der Waals surface area (Å²) in [6.45, 7) is 14.3. The Hall–Kier alpha value is -4.05. The van der Waals surface area contributed by atoms with Gasteiger partial charge in [0.2, 0.25) is 17.7 Å². The number of nitrogens with zero attached hydrogens (tertiary/aromatic N) is 3. The third-order valence-electron chi connectivity index (χ3n) is 10.1. The van der Waals surface area contributed by atoms with Crippen LogP contribution in [-0.2, 0) is 20.9 Å². The van der Waals surface area contributed by atoms with Crippen molar-refractivity contribution >= 4 is 28.6 Å². The molecule has 1 aromatic carbocycles. The van der Waals surface area contributed by atoms with Gasteiger partial charge < -0.3 is 52.2 Å². The topological polar surface area (TPSA) is 197 Å². The Kier molecular flexibility index (Phi) is 18.2. The first-order valence-electron chi connectivity index (χ1n) is 20.2. The highest BCUT2D eigenvalue weighted by atomic mass is 19.3. The first kappa shape index (κ1) is 45.6. The molecule has 2 saturated heterocycles. The molecule has 0 spiro atoms. The molecule has 0 saturated carbocycles. The van der Waals surface area contributed by atoms with E-state index in [0.717, 1.165) is 67.2 Å². The number of rotatable bonds is 17. The van der Waals surface area contributed by atoms with Crippen LogP contribution >= 0.6 is 0 Å². The maximum atomic E-state index is 13.8. The van der Waals surface area contributed by atoms with Gasteiger partial charge in [0, 0.05) is 103 Å². The van der Waals surface area contributed by atoms with Gasteiger partial charge in [0.15, 0.2) is 0 Å². The molecule has 17 heteroatoms. The van der Waals surface area contributed by atoms with E-state index in [-0.39, 0.29) is 43.2 Å². The predicted molar refractivity (Wildman–Crippen MR) is 216 cm³/mol. The van der Waals surface area contributed by atoms with Crippen molar-refractivity contribution in [2.24, 2.45) is 5.41 Å². The van der Waals surface area contributed by atoms with Gasteiger partial charge in [-0.15, -0.1) is 0 Å². The fourth-order valence-electron chi connectivity index (χ4n) is 6.98. The summed E-state index contributed by atoms with van der Waals surface area (Å²) in [5.41, 5.74) is 1.20.